The Morgan fingerprint density at radius 1 is 1.17 bits per heavy atom. The highest BCUT2D eigenvalue weighted by molar-refractivity contribution is 7.92. The van der Waals surface area contributed by atoms with Gasteiger partial charge in [0.2, 0.25) is 0 Å². The van der Waals surface area contributed by atoms with E-state index in [1.54, 1.807) is 42.5 Å². The maximum atomic E-state index is 12.9. The van der Waals surface area contributed by atoms with Gasteiger partial charge in [0, 0.05) is 23.9 Å². The molecule has 2 atom stereocenters. The number of rotatable bonds is 7. The molecule has 3 rings (SSSR count). The lowest BCUT2D eigenvalue weighted by molar-refractivity contribution is -0.131. The number of benzene rings is 2. The molecule has 0 bridgehead atoms. The van der Waals surface area contributed by atoms with Crippen molar-refractivity contribution in [3.63, 3.8) is 0 Å². The molecule has 1 heterocycles. The van der Waals surface area contributed by atoms with Gasteiger partial charge in [0.15, 0.2) is 14.6 Å². The molecular weight excluding hydrogens is 474 g/mol. The molecule has 1 amide bonds. The molecule has 1 unspecified atom stereocenters. The number of aryl methyl sites for hydroxylation is 1. The second-order valence-electron chi connectivity index (χ2n) is 8.24. The second-order valence-corrected chi connectivity index (χ2v) is 10.7. The van der Waals surface area contributed by atoms with Crippen LogP contribution in [0.5, 0.6) is 0 Å². The van der Waals surface area contributed by atoms with Crippen molar-refractivity contribution in [3.05, 3.63) is 75.8 Å². The zero-order valence-electron chi connectivity index (χ0n) is 19.1. The molecule has 0 fully saturated rings. The van der Waals surface area contributed by atoms with Gasteiger partial charge in [0.25, 0.3) is 11.5 Å². The summed E-state index contributed by atoms with van der Waals surface area (Å²) in [6.07, 6.45) is 0.967. The molecule has 11 heteroatoms. The summed E-state index contributed by atoms with van der Waals surface area (Å²) in [6.45, 7) is 0.702. The summed E-state index contributed by atoms with van der Waals surface area (Å²) in [4.78, 5) is 29.1. The average Bonchev–Trinajstić information content (AvgIpc) is 2.85. The summed E-state index contributed by atoms with van der Waals surface area (Å²) in [5, 5.41) is 27.9. The van der Waals surface area contributed by atoms with E-state index in [-0.39, 0.29) is 19.6 Å². The fourth-order valence-electron chi connectivity index (χ4n) is 3.35. The first-order chi connectivity index (χ1) is 16.5. The first kappa shape index (κ1) is 26.1. The van der Waals surface area contributed by atoms with Gasteiger partial charge in [-0.3, -0.25) is 19.4 Å². The van der Waals surface area contributed by atoms with Crippen LogP contribution in [0.1, 0.15) is 36.1 Å². The molecule has 0 radical (unpaired) electrons. The van der Waals surface area contributed by atoms with E-state index in [9.17, 15) is 23.1 Å². The SMILES string of the molecule is CC(CCn1cnc2cc(C#Cc3ccc([C@@H](O)CO)cc3)ccc2c1=O)(C(=O)NO)S(C)(=O)=O. The largest absolute Gasteiger partial charge is 0.393 e. The summed E-state index contributed by atoms with van der Waals surface area (Å²) < 4.78 is 23.5. The van der Waals surface area contributed by atoms with E-state index >= 15 is 0 Å². The Morgan fingerprint density at radius 3 is 2.40 bits per heavy atom. The van der Waals surface area contributed by atoms with Crippen LogP contribution in [-0.4, -0.2) is 56.9 Å². The molecule has 184 valence electrons. The van der Waals surface area contributed by atoms with Crippen molar-refractivity contribution in [2.24, 2.45) is 0 Å². The van der Waals surface area contributed by atoms with Gasteiger partial charge < -0.3 is 10.2 Å². The van der Waals surface area contributed by atoms with Crippen LogP contribution in [0.25, 0.3) is 10.9 Å². The third-order valence-corrected chi connectivity index (χ3v) is 7.90. The highest BCUT2D eigenvalue weighted by Gasteiger charge is 2.43. The predicted molar refractivity (Wildman–Crippen MR) is 128 cm³/mol. The maximum Gasteiger partial charge on any atom is 0.264 e. The van der Waals surface area contributed by atoms with Crippen LogP contribution in [0.3, 0.4) is 0 Å². The average molecular weight is 500 g/mol. The number of amides is 1. The van der Waals surface area contributed by atoms with Crippen molar-refractivity contribution >= 4 is 26.6 Å². The molecule has 1 aromatic heterocycles. The number of carbonyl (C=O) groups excluding carboxylic acids is 1. The highest BCUT2D eigenvalue weighted by atomic mass is 32.2. The van der Waals surface area contributed by atoms with Crippen molar-refractivity contribution in [2.45, 2.75) is 30.7 Å². The number of hydrogen-bond donors (Lipinski definition) is 4. The lowest BCUT2D eigenvalue weighted by Gasteiger charge is -2.25. The topological polar surface area (TPSA) is 159 Å². The third kappa shape index (κ3) is 5.58. The van der Waals surface area contributed by atoms with Crippen molar-refractivity contribution in [2.75, 3.05) is 12.9 Å². The minimum absolute atomic E-state index is 0.110. The van der Waals surface area contributed by atoms with Crippen LogP contribution in [0.2, 0.25) is 0 Å². The Morgan fingerprint density at radius 2 is 1.80 bits per heavy atom. The first-order valence-electron chi connectivity index (χ1n) is 10.5. The van der Waals surface area contributed by atoms with Gasteiger partial charge in [-0.25, -0.2) is 18.9 Å². The number of aliphatic hydroxyl groups excluding tert-OH is 2. The number of carbonyl (C=O) groups is 1. The number of sulfone groups is 1. The minimum atomic E-state index is -3.89. The number of nitrogens with zero attached hydrogens (tertiary/aromatic N) is 2. The number of aromatic nitrogens is 2. The Labute approximate surface area is 201 Å². The highest BCUT2D eigenvalue weighted by Crippen LogP contribution is 2.22. The third-order valence-electron chi connectivity index (χ3n) is 5.87. The van der Waals surface area contributed by atoms with E-state index in [0.717, 1.165) is 6.26 Å². The first-order valence-corrected chi connectivity index (χ1v) is 12.4. The van der Waals surface area contributed by atoms with E-state index < -0.39 is 32.2 Å². The van der Waals surface area contributed by atoms with Crippen molar-refractivity contribution in [1.29, 1.82) is 0 Å². The Hall–Kier alpha value is -3.56. The van der Waals surface area contributed by atoms with E-state index in [1.165, 1.54) is 23.3 Å². The molecule has 0 saturated carbocycles. The summed E-state index contributed by atoms with van der Waals surface area (Å²) >= 11 is 0. The molecule has 2 aromatic carbocycles. The van der Waals surface area contributed by atoms with Crippen molar-refractivity contribution in [1.82, 2.24) is 15.0 Å². The quantitative estimate of drug-likeness (QED) is 0.208. The van der Waals surface area contributed by atoms with Crippen LogP contribution in [0.4, 0.5) is 0 Å². The molecule has 0 aliphatic rings. The smallest absolute Gasteiger partial charge is 0.264 e. The molecule has 0 spiro atoms. The molecular formula is C24H25N3O7S. The van der Waals surface area contributed by atoms with Gasteiger partial charge in [0.05, 0.1) is 23.8 Å². The Kier molecular flexibility index (Phi) is 7.72. The maximum absolute atomic E-state index is 12.9. The lowest BCUT2D eigenvalue weighted by Crippen LogP contribution is -2.50. The molecule has 0 aliphatic carbocycles. The molecule has 3 aromatic rings. The van der Waals surface area contributed by atoms with Gasteiger partial charge in [-0.2, -0.15) is 0 Å². The standard InChI is InChI=1S/C24H25N3O7S/c1-24(23(31)26-32,35(2,33)34)11-12-27-15-25-20-13-17(7-10-19(20)22(27)30)4-3-16-5-8-18(9-6-16)21(29)14-28/h5-10,13,15,21,28-29,32H,11-12,14H2,1-2H3,(H,26,31)/t21-,24?/m0/s1. The van der Waals surface area contributed by atoms with Gasteiger partial charge >= 0.3 is 0 Å². The second kappa shape index (κ2) is 10.4. The molecule has 35 heavy (non-hydrogen) atoms. The number of hydrogen-bond acceptors (Lipinski definition) is 8. The minimum Gasteiger partial charge on any atom is -0.393 e. The van der Waals surface area contributed by atoms with Crippen molar-refractivity contribution < 1.29 is 28.6 Å². The van der Waals surface area contributed by atoms with Crippen molar-refractivity contribution in [3.8, 4) is 11.8 Å². The molecule has 10 nitrogen and oxygen atoms in total. The zero-order valence-corrected chi connectivity index (χ0v) is 19.9. The summed E-state index contributed by atoms with van der Waals surface area (Å²) in [6, 6.07) is 11.7. The summed E-state index contributed by atoms with van der Waals surface area (Å²) in [7, 11) is -3.89. The van der Waals surface area contributed by atoms with E-state index in [0.29, 0.717) is 27.6 Å². The van der Waals surface area contributed by atoms with Crippen LogP contribution < -0.4 is 11.0 Å². The van der Waals surface area contributed by atoms with Crippen LogP contribution >= 0.6 is 0 Å². The number of fused-ring (bicyclic) bond motifs is 1. The van der Waals surface area contributed by atoms with Gasteiger partial charge in [0.1, 0.15) is 6.10 Å². The van der Waals surface area contributed by atoms with Gasteiger partial charge in [-0.15, -0.1) is 0 Å². The fourth-order valence-corrected chi connectivity index (χ4v) is 4.20. The molecule has 0 aliphatic heterocycles. The Bertz CT molecular complexity index is 1470. The summed E-state index contributed by atoms with van der Waals surface area (Å²) in [5.41, 5.74) is 3.27. The number of nitrogens with one attached hydrogen (secondary N) is 1. The van der Waals surface area contributed by atoms with Crippen LogP contribution in [-0.2, 0) is 21.2 Å². The number of hydroxylamine groups is 1. The zero-order chi connectivity index (χ0) is 25.8. The predicted octanol–water partition coefficient (Wildman–Crippen LogP) is 0.521. The molecule has 0 saturated heterocycles. The van der Waals surface area contributed by atoms with Crippen LogP contribution in [0.15, 0.2) is 53.6 Å². The molecule has 4 N–H and O–H groups in total. The van der Waals surface area contributed by atoms with Gasteiger partial charge in [-0.1, -0.05) is 24.0 Å². The number of aliphatic hydroxyl groups is 2. The van der Waals surface area contributed by atoms with E-state index in [2.05, 4.69) is 16.8 Å². The van der Waals surface area contributed by atoms with Gasteiger partial charge in [-0.05, 0) is 49.2 Å². The monoisotopic (exact) mass is 499 g/mol. The summed E-state index contributed by atoms with van der Waals surface area (Å²) in [5.74, 6) is 4.89. The Balaban J connectivity index is 1.84. The lowest BCUT2D eigenvalue weighted by atomic mass is 10.1. The fraction of sp³-hybridized carbons (Fsp3) is 0.292. The van der Waals surface area contributed by atoms with Crippen LogP contribution in [0, 0.1) is 11.8 Å². The van der Waals surface area contributed by atoms with E-state index in [1.807, 2.05) is 0 Å². The normalized spacial score (nSPS) is 14.0. The van der Waals surface area contributed by atoms with E-state index in [4.69, 9.17) is 10.3 Å².